The Labute approximate surface area is 218 Å². The minimum atomic E-state index is 0.174. The van der Waals surface area contributed by atoms with Crippen LogP contribution in [0, 0.1) is 6.92 Å². The van der Waals surface area contributed by atoms with Crippen LogP contribution in [0.4, 0.5) is 0 Å². The molecule has 0 bridgehead atoms. The van der Waals surface area contributed by atoms with E-state index in [0.29, 0.717) is 25.0 Å². The monoisotopic (exact) mass is 502 g/mol. The summed E-state index contributed by atoms with van der Waals surface area (Å²) in [6.07, 6.45) is 4.18. The van der Waals surface area contributed by atoms with Crippen molar-refractivity contribution in [2.75, 3.05) is 40.3 Å². The van der Waals surface area contributed by atoms with Gasteiger partial charge in [-0.2, -0.15) is 5.10 Å². The molecule has 0 atom stereocenters. The highest BCUT2D eigenvalue weighted by atomic mass is 16.5. The van der Waals surface area contributed by atoms with Crippen LogP contribution in [-0.4, -0.2) is 75.6 Å². The molecule has 8 nitrogen and oxygen atoms in total. The number of likely N-dealkylation sites (tertiary alicyclic amines) is 1. The van der Waals surface area contributed by atoms with Gasteiger partial charge in [-0.15, -0.1) is 0 Å². The summed E-state index contributed by atoms with van der Waals surface area (Å²) in [5, 5.41) is 5.84. The van der Waals surface area contributed by atoms with Crippen LogP contribution >= 0.6 is 0 Å². The predicted octanol–water partition coefficient (Wildman–Crippen LogP) is 4.98. The molecule has 1 aromatic carbocycles. The van der Waals surface area contributed by atoms with Crippen LogP contribution in [0.15, 0.2) is 30.5 Å². The Balaban J connectivity index is 1.48. The van der Waals surface area contributed by atoms with E-state index in [1.54, 1.807) is 4.90 Å². The largest absolute Gasteiger partial charge is 0.490 e. The standard InChI is InChI=1S/C29H38N6O2/c1-7-37-25-15-22(16-35-29(25)30-19(4)32-35)28-27(18(2)3)23-14-21(8-9-24(23)31-28)20-10-12-34(13-11-20)17-26(36)33(5)6/h8-9,14-16,18,20,31H,7,10-13,17H2,1-6H3. The molecule has 0 saturated carbocycles. The molecule has 1 aliphatic rings. The van der Waals surface area contributed by atoms with Gasteiger partial charge in [-0.3, -0.25) is 9.69 Å². The molecular formula is C29H38N6O2. The van der Waals surface area contributed by atoms with Gasteiger partial charge in [0.05, 0.1) is 18.8 Å². The van der Waals surface area contributed by atoms with E-state index >= 15 is 0 Å². The summed E-state index contributed by atoms with van der Waals surface area (Å²) in [6.45, 7) is 11.4. The zero-order valence-corrected chi connectivity index (χ0v) is 22.8. The van der Waals surface area contributed by atoms with Crippen LogP contribution in [0.25, 0.3) is 27.8 Å². The number of aryl methyl sites for hydroxylation is 1. The van der Waals surface area contributed by atoms with Crippen molar-refractivity contribution in [2.45, 2.75) is 52.4 Å². The van der Waals surface area contributed by atoms with Crippen molar-refractivity contribution < 1.29 is 9.53 Å². The van der Waals surface area contributed by atoms with E-state index < -0.39 is 0 Å². The maximum atomic E-state index is 12.1. The second-order valence-corrected chi connectivity index (χ2v) is 10.7. The Kier molecular flexibility index (Phi) is 6.94. The van der Waals surface area contributed by atoms with Crippen LogP contribution in [0.3, 0.4) is 0 Å². The molecule has 3 aromatic heterocycles. The van der Waals surface area contributed by atoms with E-state index in [-0.39, 0.29) is 5.91 Å². The lowest BCUT2D eigenvalue weighted by Crippen LogP contribution is -2.40. The van der Waals surface area contributed by atoms with Gasteiger partial charge in [-0.1, -0.05) is 19.9 Å². The zero-order valence-electron chi connectivity index (χ0n) is 22.8. The minimum Gasteiger partial charge on any atom is -0.490 e. The second-order valence-electron chi connectivity index (χ2n) is 10.7. The average Bonchev–Trinajstić information content (AvgIpc) is 3.44. The van der Waals surface area contributed by atoms with Gasteiger partial charge in [0.15, 0.2) is 11.4 Å². The lowest BCUT2D eigenvalue weighted by atomic mass is 9.87. The number of aromatic amines is 1. The van der Waals surface area contributed by atoms with E-state index in [9.17, 15) is 4.79 Å². The van der Waals surface area contributed by atoms with Crippen LogP contribution in [0.2, 0.25) is 0 Å². The van der Waals surface area contributed by atoms with E-state index in [4.69, 9.17) is 4.74 Å². The molecule has 4 heterocycles. The number of piperidine rings is 1. The first kappa shape index (κ1) is 25.3. The summed E-state index contributed by atoms with van der Waals surface area (Å²) in [4.78, 5) is 24.3. The number of amides is 1. The molecule has 8 heteroatoms. The number of likely N-dealkylation sites (N-methyl/N-ethyl adjacent to an activating group) is 1. The maximum Gasteiger partial charge on any atom is 0.236 e. The molecule has 1 N–H and O–H groups in total. The molecule has 37 heavy (non-hydrogen) atoms. The van der Waals surface area contributed by atoms with E-state index in [2.05, 4.69) is 58.1 Å². The summed E-state index contributed by atoms with van der Waals surface area (Å²) in [6, 6.07) is 8.96. The molecule has 0 spiro atoms. The minimum absolute atomic E-state index is 0.174. The summed E-state index contributed by atoms with van der Waals surface area (Å²) < 4.78 is 7.77. The van der Waals surface area contributed by atoms with Gasteiger partial charge in [0.25, 0.3) is 0 Å². The molecule has 196 valence electrons. The number of nitrogens with zero attached hydrogens (tertiary/aromatic N) is 5. The van der Waals surface area contributed by atoms with Crippen molar-refractivity contribution in [1.29, 1.82) is 0 Å². The van der Waals surface area contributed by atoms with Crippen LogP contribution in [0.1, 0.15) is 62.4 Å². The Morgan fingerprint density at radius 2 is 1.97 bits per heavy atom. The highest BCUT2D eigenvalue weighted by Gasteiger charge is 2.24. The number of carbonyl (C=O) groups excluding carboxylic acids is 1. The number of aromatic nitrogens is 4. The number of nitrogens with one attached hydrogen (secondary N) is 1. The third-order valence-corrected chi connectivity index (χ3v) is 7.45. The quantitative estimate of drug-likeness (QED) is 0.386. The Hall–Kier alpha value is -3.39. The van der Waals surface area contributed by atoms with Gasteiger partial charge in [-0.25, -0.2) is 9.50 Å². The Morgan fingerprint density at radius 3 is 2.65 bits per heavy atom. The molecular weight excluding hydrogens is 464 g/mol. The van der Waals surface area contributed by atoms with Crippen LogP contribution < -0.4 is 4.74 Å². The maximum absolute atomic E-state index is 12.1. The van der Waals surface area contributed by atoms with Crippen LogP contribution in [0.5, 0.6) is 5.75 Å². The smallest absolute Gasteiger partial charge is 0.236 e. The topological polar surface area (TPSA) is 78.8 Å². The number of carbonyl (C=O) groups is 1. The summed E-state index contributed by atoms with van der Waals surface area (Å²) in [5.41, 5.74) is 6.73. The van der Waals surface area contributed by atoms with Gasteiger partial charge >= 0.3 is 0 Å². The van der Waals surface area contributed by atoms with Crippen molar-refractivity contribution in [1.82, 2.24) is 29.4 Å². The number of hydrogen-bond donors (Lipinski definition) is 1. The molecule has 1 fully saturated rings. The van der Waals surface area contributed by atoms with E-state index in [0.717, 1.165) is 59.9 Å². The third-order valence-electron chi connectivity index (χ3n) is 7.45. The van der Waals surface area contributed by atoms with Crippen molar-refractivity contribution >= 4 is 22.5 Å². The molecule has 0 aliphatic carbocycles. The molecule has 4 aromatic rings. The van der Waals surface area contributed by atoms with Crippen LogP contribution in [-0.2, 0) is 4.79 Å². The van der Waals surface area contributed by atoms with Gasteiger partial charge in [0.2, 0.25) is 5.91 Å². The molecule has 1 saturated heterocycles. The number of pyridine rings is 1. The normalized spacial score (nSPS) is 15.2. The first-order valence-electron chi connectivity index (χ1n) is 13.3. The Bertz CT molecular complexity index is 1430. The summed E-state index contributed by atoms with van der Waals surface area (Å²) in [7, 11) is 3.65. The van der Waals surface area contributed by atoms with Crippen molar-refractivity contribution in [3.8, 4) is 17.0 Å². The SMILES string of the molecule is CCOc1cc(-c2[nH]c3ccc(C4CCN(CC(=O)N(C)C)CC4)cc3c2C(C)C)cn2nc(C)nc12. The number of ether oxygens (including phenoxy) is 1. The van der Waals surface area contributed by atoms with Crippen molar-refractivity contribution in [3.63, 3.8) is 0 Å². The highest BCUT2D eigenvalue weighted by molar-refractivity contribution is 5.92. The summed E-state index contributed by atoms with van der Waals surface area (Å²) >= 11 is 0. The first-order valence-corrected chi connectivity index (χ1v) is 13.3. The number of fused-ring (bicyclic) bond motifs is 2. The third kappa shape index (κ3) is 4.94. The fourth-order valence-corrected chi connectivity index (χ4v) is 5.53. The van der Waals surface area contributed by atoms with E-state index in [1.807, 2.05) is 38.7 Å². The highest BCUT2D eigenvalue weighted by Crippen LogP contribution is 2.39. The second kappa shape index (κ2) is 10.2. The van der Waals surface area contributed by atoms with Crippen molar-refractivity contribution in [3.05, 3.63) is 47.4 Å². The fourth-order valence-electron chi connectivity index (χ4n) is 5.53. The molecule has 0 radical (unpaired) electrons. The summed E-state index contributed by atoms with van der Waals surface area (Å²) in [5.74, 6) is 2.48. The molecule has 0 unspecified atom stereocenters. The number of hydrogen-bond acceptors (Lipinski definition) is 5. The fraction of sp³-hybridized carbons (Fsp3) is 0.483. The van der Waals surface area contributed by atoms with Crippen molar-refractivity contribution in [2.24, 2.45) is 0 Å². The van der Waals surface area contributed by atoms with Gasteiger partial charge in [0.1, 0.15) is 5.82 Å². The van der Waals surface area contributed by atoms with Gasteiger partial charge < -0.3 is 14.6 Å². The number of H-pyrrole nitrogens is 1. The van der Waals surface area contributed by atoms with E-state index in [1.165, 1.54) is 16.5 Å². The van der Waals surface area contributed by atoms with Gasteiger partial charge in [-0.05, 0) is 80.9 Å². The lowest BCUT2D eigenvalue weighted by molar-refractivity contribution is -0.130. The number of rotatable bonds is 7. The molecule has 1 aliphatic heterocycles. The first-order chi connectivity index (χ1) is 17.7. The number of benzene rings is 1. The molecule has 1 amide bonds. The molecule has 5 rings (SSSR count). The zero-order chi connectivity index (χ0) is 26.3. The Morgan fingerprint density at radius 1 is 1.22 bits per heavy atom. The average molecular weight is 503 g/mol. The lowest BCUT2D eigenvalue weighted by Gasteiger charge is -2.32. The van der Waals surface area contributed by atoms with Gasteiger partial charge in [0, 0.05) is 36.8 Å². The predicted molar refractivity (Wildman–Crippen MR) is 147 cm³/mol.